The van der Waals surface area contributed by atoms with Gasteiger partial charge in [0, 0.05) is 18.1 Å². The Kier molecular flexibility index (Phi) is 4.97. The first-order chi connectivity index (χ1) is 12.8. The van der Waals surface area contributed by atoms with Gasteiger partial charge in [-0.3, -0.25) is 0 Å². The Morgan fingerprint density at radius 2 is 2.04 bits per heavy atom. The molecule has 5 heteroatoms. The summed E-state index contributed by atoms with van der Waals surface area (Å²) in [6.45, 7) is 1.45. The summed E-state index contributed by atoms with van der Waals surface area (Å²) in [5, 5.41) is 4.17. The van der Waals surface area contributed by atoms with E-state index >= 15 is 0 Å². The van der Waals surface area contributed by atoms with E-state index in [0.717, 1.165) is 43.0 Å². The highest BCUT2D eigenvalue weighted by Crippen LogP contribution is 2.28. The van der Waals surface area contributed by atoms with Crippen LogP contribution in [-0.2, 0) is 17.6 Å². The number of rotatable bonds is 6. The molecule has 0 aliphatic carbocycles. The highest BCUT2D eigenvalue weighted by Gasteiger charge is 2.24. The summed E-state index contributed by atoms with van der Waals surface area (Å²) >= 11 is 0. The third kappa shape index (κ3) is 3.63. The zero-order valence-corrected chi connectivity index (χ0v) is 14.9. The van der Waals surface area contributed by atoms with Crippen LogP contribution in [0.2, 0.25) is 0 Å². The van der Waals surface area contributed by atoms with Gasteiger partial charge in [-0.1, -0.05) is 35.5 Å². The lowest BCUT2D eigenvalue weighted by molar-refractivity contribution is 0.192. The van der Waals surface area contributed by atoms with Gasteiger partial charge in [-0.25, -0.2) is 0 Å². The van der Waals surface area contributed by atoms with Crippen molar-refractivity contribution in [3.05, 3.63) is 65.5 Å². The Morgan fingerprint density at radius 1 is 1.12 bits per heavy atom. The largest absolute Gasteiger partial charge is 0.497 e. The van der Waals surface area contributed by atoms with Gasteiger partial charge in [0.1, 0.15) is 5.75 Å². The topological polar surface area (TPSA) is 57.4 Å². The van der Waals surface area contributed by atoms with E-state index in [4.69, 9.17) is 14.0 Å². The Balaban J connectivity index is 1.53. The van der Waals surface area contributed by atoms with Crippen molar-refractivity contribution in [2.45, 2.75) is 25.2 Å². The summed E-state index contributed by atoms with van der Waals surface area (Å²) in [6.07, 6.45) is 2.77. The third-order valence-corrected chi connectivity index (χ3v) is 4.80. The average Bonchev–Trinajstić information content (AvgIpc) is 3.38. The van der Waals surface area contributed by atoms with Gasteiger partial charge >= 0.3 is 0 Å². The second-order valence-corrected chi connectivity index (χ2v) is 6.53. The molecule has 1 saturated heterocycles. The molecule has 2 heterocycles. The molecule has 5 nitrogen and oxygen atoms in total. The molecule has 1 atom stereocenters. The average molecular weight is 350 g/mol. The van der Waals surface area contributed by atoms with Crippen molar-refractivity contribution in [3.8, 4) is 17.2 Å². The molecule has 134 valence electrons. The zero-order valence-electron chi connectivity index (χ0n) is 14.9. The quantitative estimate of drug-likeness (QED) is 0.672. The van der Waals surface area contributed by atoms with E-state index in [1.807, 2.05) is 30.3 Å². The van der Waals surface area contributed by atoms with Crippen LogP contribution in [0.5, 0.6) is 5.75 Å². The number of methoxy groups -OCH3 is 1. The summed E-state index contributed by atoms with van der Waals surface area (Å²) in [7, 11) is 1.69. The lowest BCUT2D eigenvalue weighted by Crippen LogP contribution is -2.00. The predicted molar refractivity (Wildman–Crippen MR) is 98.3 cm³/mol. The molecule has 1 aliphatic rings. The van der Waals surface area contributed by atoms with Crippen LogP contribution in [0.3, 0.4) is 0 Å². The maximum absolute atomic E-state index is 5.56. The summed E-state index contributed by atoms with van der Waals surface area (Å²) in [5.41, 5.74) is 3.45. The number of nitrogens with zero attached hydrogens (tertiary/aromatic N) is 2. The van der Waals surface area contributed by atoms with Gasteiger partial charge in [0.2, 0.25) is 0 Å². The summed E-state index contributed by atoms with van der Waals surface area (Å²) in [5.74, 6) is 2.47. The van der Waals surface area contributed by atoms with E-state index in [1.54, 1.807) is 7.11 Å². The fraction of sp³-hybridized carbons (Fsp3) is 0.333. The summed E-state index contributed by atoms with van der Waals surface area (Å²) in [6, 6.07) is 16.4. The number of hydrogen-bond donors (Lipinski definition) is 0. The smallest absolute Gasteiger partial charge is 0.258 e. The number of aromatic nitrogens is 2. The fourth-order valence-corrected chi connectivity index (χ4v) is 3.30. The molecule has 4 rings (SSSR count). The molecular weight excluding hydrogens is 328 g/mol. The fourth-order valence-electron chi connectivity index (χ4n) is 3.30. The number of aryl methyl sites for hydroxylation is 2. The first kappa shape index (κ1) is 16.8. The van der Waals surface area contributed by atoms with Crippen LogP contribution in [0.4, 0.5) is 0 Å². The monoisotopic (exact) mass is 350 g/mol. The van der Waals surface area contributed by atoms with Crippen molar-refractivity contribution in [3.63, 3.8) is 0 Å². The maximum Gasteiger partial charge on any atom is 0.258 e. The first-order valence-corrected chi connectivity index (χ1v) is 8.96. The lowest BCUT2D eigenvalue weighted by Gasteiger charge is -2.07. The van der Waals surface area contributed by atoms with Crippen molar-refractivity contribution < 1.29 is 14.0 Å². The second-order valence-electron chi connectivity index (χ2n) is 6.53. The van der Waals surface area contributed by atoms with E-state index in [1.165, 1.54) is 11.1 Å². The molecule has 0 spiro atoms. The van der Waals surface area contributed by atoms with Gasteiger partial charge in [-0.2, -0.15) is 4.98 Å². The van der Waals surface area contributed by atoms with E-state index in [9.17, 15) is 0 Å². The van der Waals surface area contributed by atoms with Gasteiger partial charge < -0.3 is 14.0 Å². The van der Waals surface area contributed by atoms with Crippen LogP contribution in [0.25, 0.3) is 11.5 Å². The van der Waals surface area contributed by atoms with Gasteiger partial charge in [-0.15, -0.1) is 0 Å². The van der Waals surface area contributed by atoms with E-state index in [-0.39, 0.29) is 5.92 Å². The minimum atomic E-state index is 0.247. The normalized spacial score (nSPS) is 16.7. The molecule has 1 fully saturated rings. The molecule has 0 N–H and O–H groups in total. The van der Waals surface area contributed by atoms with Gasteiger partial charge in [0.05, 0.1) is 13.7 Å². The minimum Gasteiger partial charge on any atom is -0.497 e. The zero-order chi connectivity index (χ0) is 17.8. The van der Waals surface area contributed by atoms with Crippen LogP contribution in [-0.4, -0.2) is 30.5 Å². The van der Waals surface area contributed by atoms with Gasteiger partial charge in [-0.05, 0) is 48.6 Å². The maximum atomic E-state index is 5.56. The molecule has 0 bridgehead atoms. The Morgan fingerprint density at radius 3 is 2.88 bits per heavy atom. The molecule has 1 aromatic heterocycles. The molecule has 3 aromatic rings. The number of ether oxygens (including phenoxy) is 2. The predicted octanol–water partition coefficient (Wildman–Crippen LogP) is 4.03. The molecule has 0 unspecified atom stereocenters. The second kappa shape index (κ2) is 7.70. The standard InChI is InChI=1S/C21H22N2O3/c1-24-18-7-4-5-15(13-18)9-10-16-6-2-3-8-19(16)21-22-20(23-26-21)17-11-12-25-14-17/h2-8,13,17H,9-12,14H2,1H3/t17-/m1/s1. The van der Waals surface area contributed by atoms with E-state index in [0.29, 0.717) is 12.5 Å². The Bertz CT molecular complexity index is 869. The SMILES string of the molecule is COc1cccc(CCc2ccccc2-c2nc([C@@H]3CCOC3)no2)c1. The minimum absolute atomic E-state index is 0.247. The molecule has 0 amide bonds. The van der Waals surface area contributed by atoms with Crippen molar-refractivity contribution in [2.75, 3.05) is 20.3 Å². The van der Waals surface area contributed by atoms with Gasteiger partial charge in [0.25, 0.3) is 5.89 Å². The number of hydrogen-bond acceptors (Lipinski definition) is 5. The van der Waals surface area contributed by atoms with Crippen LogP contribution in [0, 0.1) is 0 Å². The molecule has 2 aromatic carbocycles. The van der Waals surface area contributed by atoms with Crippen LogP contribution >= 0.6 is 0 Å². The molecule has 0 saturated carbocycles. The van der Waals surface area contributed by atoms with Crippen LogP contribution in [0.15, 0.2) is 53.1 Å². The molecule has 0 radical (unpaired) electrons. The van der Waals surface area contributed by atoms with Gasteiger partial charge in [0.15, 0.2) is 5.82 Å². The highest BCUT2D eigenvalue weighted by molar-refractivity contribution is 5.58. The van der Waals surface area contributed by atoms with Crippen molar-refractivity contribution in [1.82, 2.24) is 10.1 Å². The molecule has 26 heavy (non-hydrogen) atoms. The van der Waals surface area contributed by atoms with E-state index < -0.39 is 0 Å². The highest BCUT2D eigenvalue weighted by atomic mass is 16.5. The lowest BCUT2D eigenvalue weighted by atomic mass is 9.99. The van der Waals surface area contributed by atoms with Crippen molar-refractivity contribution in [2.24, 2.45) is 0 Å². The Hall–Kier alpha value is -2.66. The molecule has 1 aliphatic heterocycles. The van der Waals surface area contributed by atoms with Crippen LogP contribution < -0.4 is 4.74 Å². The molecular formula is C21H22N2O3. The Labute approximate surface area is 153 Å². The summed E-state index contributed by atoms with van der Waals surface area (Å²) < 4.78 is 16.3. The number of benzene rings is 2. The van der Waals surface area contributed by atoms with Crippen molar-refractivity contribution >= 4 is 0 Å². The summed E-state index contributed by atoms with van der Waals surface area (Å²) in [4.78, 5) is 4.63. The van der Waals surface area contributed by atoms with E-state index in [2.05, 4.69) is 28.3 Å². The van der Waals surface area contributed by atoms with Crippen LogP contribution in [0.1, 0.15) is 29.3 Å². The van der Waals surface area contributed by atoms with Crippen molar-refractivity contribution in [1.29, 1.82) is 0 Å². The third-order valence-electron chi connectivity index (χ3n) is 4.80. The first-order valence-electron chi connectivity index (χ1n) is 8.96.